The number of amides is 1. The van der Waals surface area contributed by atoms with Crippen LogP contribution in [-0.4, -0.2) is 50.0 Å². The van der Waals surface area contributed by atoms with E-state index in [1.165, 1.54) is 57.8 Å². The number of carbonyl (C=O) groups is 1. The van der Waals surface area contributed by atoms with Gasteiger partial charge < -0.3 is 24.3 Å². The number of hydrogen-bond donors (Lipinski definition) is 1. The second-order valence-corrected chi connectivity index (χ2v) is 16.1. The fraction of sp³-hybridized carbons (Fsp3) is 0.975. The van der Waals surface area contributed by atoms with Crippen molar-refractivity contribution in [1.29, 1.82) is 0 Å². The summed E-state index contributed by atoms with van der Waals surface area (Å²) in [5.41, 5.74) is 0.0879. The standard InChI is InChI=1S/C40H75NO5/c1-11-15-22-40(23-16-12-2,33-20-18-17-19-21-33)24-37(42)41-34(25-43-38-31(9)27(5)29(7)35(13-3)45-38)26-44-39-32(10)28(6)30(8)36(14-4)46-39/h27-36,38-39H,11-26H2,1-10H3,(H,41,42)/t27?,28?,29-,30-,31-,32-,34?,35?,36?,38+,39+/m1/s1. The molecule has 6 heteroatoms. The van der Waals surface area contributed by atoms with E-state index in [1.807, 2.05) is 0 Å². The van der Waals surface area contributed by atoms with Gasteiger partial charge in [0.15, 0.2) is 12.6 Å². The van der Waals surface area contributed by atoms with Crippen LogP contribution in [0.3, 0.4) is 0 Å². The molecule has 6 nitrogen and oxygen atoms in total. The first-order valence-electron chi connectivity index (χ1n) is 19.8. The second kappa shape index (κ2) is 19.5. The molecule has 0 bridgehead atoms. The molecular weight excluding hydrogens is 574 g/mol. The molecule has 0 spiro atoms. The molecular formula is C40H75NO5. The van der Waals surface area contributed by atoms with Gasteiger partial charge in [0.05, 0.1) is 31.5 Å². The van der Waals surface area contributed by atoms with Crippen molar-refractivity contribution in [2.45, 2.75) is 190 Å². The highest BCUT2D eigenvalue weighted by Crippen LogP contribution is 2.48. The number of hydrogen-bond acceptors (Lipinski definition) is 5. The molecule has 3 aliphatic rings. The van der Waals surface area contributed by atoms with E-state index in [9.17, 15) is 4.79 Å². The minimum atomic E-state index is -0.277. The first kappa shape index (κ1) is 39.7. The lowest BCUT2D eigenvalue weighted by Gasteiger charge is -2.45. The molecule has 2 aliphatic heterocycles. The van der Waals surface area contributed by atoms with Crippen LogP contribution in [0.5, 0.6) is 0 Å². The van der Waals surface area contributed by atoms with Crippen molar-refractivity contribution in [3.63, 3.8) is 0 Å². The molecule has 1 N–H and O–H groups in total. The number of rotatable bonds is 18. The van der Waals surface area contributed by atoms with Gasteiger partial charge in [-0.05, 0) is 73.5 Å². The highest BCUT2D eigenvalue weighted by atomic mass is 16.7. The van der Waals surface area contributed by atoms with Gasteiger partial charge in [0.25, 0.3) is 0 Å². The normalized spacial score (nSPS) is 35.2. The lowest BCUT2D eigenvalue weighted by atomic mass is 9.62. The Morgan fingerprint density at radius 2 is 1.15 bits per heavy atom. The van der Waals surface area contributed by atoms with Crippen molar-refractivity contribution in [2.24, 2.45) is 46.8 Å². The molecule has 4 unspecified atom stereocenters. The van der Waals surface area contributed by atoms with Gasteiger partial charge in [-0.15, -0.1) is 0 Å². The van der Waals surface area contributed by atoms with Gasteiger partial charge in [-0.25, -0.2) is 0 Å². The lowest BCUT2D eigenvalue weighted by molar-refractivity contribution is -0.261. The number of ether oxygens (including phenoxy) is 4. The molecule has 3 rings (SSSR count). The molecule has 2 saturated heterocycles. The third-order valence-corrected chi connectivity index (χ3v) is 13.1. The topological polar surface area (TPSA) is 66.0 Å². The minimum Gasteiger partial charge on any atom is -0.350 e. The molecule has 2 heterocycles. The number of nitrogens with one attached hydrogen (secondary N) is 1. The Labute approximate surface area is 284 Å². The predicted octanol–water partition coefficient (Wildman–Crippen LogP) is 9.93. The fourth-order valence-corrected chi connectivity index (χ4v) is 9.07. The second-order valence-electron chi connectivity index (χ2n) is 16.1. The van der Waals surface area contributed by atoms with Gasteiger partial charge >= 0.3 is 0 Å². The zero-order valence-corrected chi connectivity index (χ0v) is 31.8. The van der Waals surface area contributed by atoms with Gasteiger partial charge in [-0.3, -0.25) is 4.79 Å². The van der Waals surface area contributed by atoms with Crippen molar-refractivity contribution >= 4 is 5.91 Å². The van der Waals surface area contributed by atoms with Crippen molar-refractivity contribution in [3.8, 4) is 0 Å². The van der Waals surface area contributed by atoms with E-state index < -0.39 is 0 Å². The Morgan fingerprint density at radius 3 is 1.57 bits per heavy atom. The monoisotopic (exact) mass is 650 g/mol. The van der Waals surface area contributed by atoms with Crippen LogP contribution in [0.15, 0.2) is 0 Å². The van der Waals surface area contributed by atoms with E-state index in [2.05, 4.69) is 74.6 Å². The maximum Gasteiger partial charge on any atom is 0.220 e. The quantitative estimate of drug-likeness (QED) is 0.160. The Hall–Kier alpha value is -0.690. The summed E-state index contributed by atoms with van der Waals surface area (Å²) in [6.45, 7) is 23.5. The van der Waals surface area contributed by atoms with Gasteiger partial charge in [0.2, 0.25) is 5.91 Å². The van der Waals surface area contributed by atoms with Crippen molar-refractivity contribution in [2.75, 3.05) is 13.2 Å². The van der Waals surface area contributed by atoms with Crippen LogP contribution < -0.4 is 5.32 Å². The summed E-state index contributed by atoms with van der Waals surface area (Å²) < 4.78 is 26.1. The SMILES string of the molecule is CCCCC(CCCC)(CC(=O)NC(CO[C@H]1OC(CC)[C@H](C)C(C)[C@H]1C)CO[C@H]1OC(CC)[C@H](C)C(C)[C@H]1C)C1CCCCC1. The first-order valence-corrected chi connectivity index (χ1v) is 19.8. The van der Waals surface area contributed by atoms with Crippen LogP contribution in [0.25, 0.3) is 0 Å². The molecule has 270 valence electrons. The van der Waals surface area contributed by atoms with E-state index in [0.717, 1.165) is 25.7 Å². The van der Waals surface area contributed by atoms with Crippen LogP contribution in [0.2, 0.25) is 0 Å². The average Bonchev–Trinajstić information content (AvgIpc) is 3.06. The van der Waals surface area contributed by atoms with Crippen LogP contribution in [0.4, 0.5) is 0 Å². The highest BCUT2D eigenvalue weighted by molar-refractivity contribution is 5.77. The van der Waals surface area contributed by atoms with Crippen molar-refractivity contribution < 1.29 is 23.7 Å². The predicted molar refractivity (Wildman–Crippen MR) is 189 cm³/mol. The Balaban J connectivity index is 1.78. The minimum absolute atomic E-state index is 0.0879. The fourth-order valence-electron chi connectivity index (χ4n) is 9.07. The van der Waals surface area contributed by atoms with Crippen LogP contribution >= 0.6 is 0 Å². The Bertz CT molecular complexity index is 809. The Morgan fingerprint density at radius 1 is 0.696 bits per heavy atom. The maximum atomic E-state index is 14.2. The molecule has 1 aliphatic carbocycles. The van der Waals surface area contributed by atoms with E-state index in [1.54, 1.807) is 0 Å². The zero-order valence-electron chi connectivity index (χ0n) is 31.8. The van der Waals surface area contributed by atoms with Gasteiger partial charge in [-0.2, -0.15) is 0 Å². The van der Waals surface area contributed by atoms with Crippen LogP contribution in [0.1, 0.15) is 159 Å². The van der Waals surface area contributed by atoms with E-state index in [0.29, 0.717) is 49.2 Å². The largest absolute Gasteiger partial charge is 0.350 e. The zero-order chi connectivity index (χ0) is 33.9. The van der Waals surface area contributed by atoms with Gasteiger partial charge in [0, 0.05) is 18.3 Å². The van der Waals surface area contributed by atoms with E-state index >= 15 is 0 Å². The van der Waals surface area contributed by atoms with Crippen LogP contribution in [0, 0.1) is 46.8 Å². The third kappa shape index (κ3) is 10.4. The summed E-state index contributed by atoms with van der Waals surface area (Å²) in [5.74, 6) is 3.38. The molecule has 46 heavy (non-hydrogen) atoms. The van der Waals surface area contributed by atoms with Crippen LogP contribution in [-0.2, 0) is 23.7 Å². The molecule has 1 amide bonds. The summed E-state index contributed by atoms with van der Waals surface area (Å²) in [6.07, 6.45) is 16.0. The average molecular weight is 650 g/mol. The summed E-state index contributed by atoms with van der Waals surface area (Å²) in [7, 11) is 0. The third-order valence-electron chi connectivity index (χ3n) is 13.1. The molecule has 0 aromatic rings. The van der Waals surface area contributed by atoms with Crippen molar-refractivity contribution in [1.82, 2.24) is 5.32 Å². The molecule has 0 radical (unpaired) electrons. The van der Waals surface area contributed by atoms with E-state index in [-0.39, 0.29) is 54.0 Å². The van der Waals surface area contributed by atoms with Crippen molar-refractivity contribution in [3.05, 3.63) is 0 Å². The maximum absolute atomic E-state index is 14.2. The molecule has 10 atom stereocenters. The highest BCUT2D eigenvalue weighted by Gasteiger charge is 2.42. The summed E-state index contributed by atoms with van der Waals surface area (Å²) in [5, 5.41) is 3.46. The molecule has 0 aromatic heterocycles. The number of unbranched alkanes of at least 4 members (excludes halogenated alkanes) is 2. The summed E-state index contributed by atoms with van der Waals surface area (Å²) >= 11 is 0. The molecule has 1 saturated carbocycles. The smallest absolute Gasteiger partial charge is 0.220 e. The molecule has 0 aromatic carbocycles. The molecule has 3 fully saturated rings. The van der Waals surface area contributed by atoms with Gasteiger partial charge in [0.1, 0.15) is 0 Å². The van der Waals surface area contributed by atoms with E-state index in [4.69, 9.17) is 18.9 Å². The number of carbonyl (C=O) groups excluding carboxylic acids is 1. The summed E-state index contributed by atoms with van der Waals surface area (Å²) in [4.78, 5) is 14.2. The summed E-state index contributed by atoms with van der Waals surface area (Å²) in [6, 6.07) is -0.259. The Kier molecular flexibility index (Phi) is 16.8. The van der Waals surface area contributed by atoms with Gasteiger partial charge in [-0.1, -0.05) is 114 Å². The lowest BCUT2D eigenvalue weighted by Crippen LogP contribution is -2.51. The first-order chi connectivity index (χ1) is 22.0.